The quantitative estimate of drug-likeness (QED) is 0.162. The monoisotopic (exact) mass is 866 g/mol. The SMILES string of the molecule is [2H]C([2H])([2H])c1c[c-]c(-c2ccc(C([2H])([2H])[2H])cn2)cc1.[2H]C([2H])([2H])c1cnc(-c2[c-]ccc3c2oc2cc(-c4ccc(-c5ccccc5)cc4)ccc23)cc1C([2H])([2H])C(C)(C)C.[Ir]. The van der Waals surface area contributed by atoms with E-state index >= 15 is 0 Å². The Morgan fingerprint density at radius 1 is 0.673 bits per heavy atom. The summed E-state index contributed by atoms with van der Waals surface area (Å²) in [5, 5.41) is 1.82. The first-order chi connectivity index (χ1) is 29.0. The van der Waals surface area contributed by atoms with Crippen molar-refractivity contribution in [3.05, 3.63) is 168 Å². The zero-order valence-corrected chi connectivity index (χ0v) is 31.2. The van der Waals surface area contributed by atoms with Crippen LogP contribution in [-0.4, -0.2) is 9.97 Å². The minimum Gasteiger partial charge on any atom is -0.501 e. The largest absolute Gasteiger partial charge is 0.501 e. The smallest absolute Gasteiger partial charge is 0.121 e. The molecule has 0 saturated carbocycles. The fraction of sp³-hybridized carbons (Fsp3) is 0.167. The van der Waals surface area contributed by atoms with E-state index in [1.165, 1.54) is 36.2 Å². The van der Waals surface area contributed by atoms with Crippen LogP contribution in [-0.2, 0) is 26.5 Å². The fourth-order valence-electron chi connectivity index (χ4n) is 5.83. The van der Waals surface area contributed by atoms with Gasteiger partial charge in [-0.25, -0.2) is 0 Å². The van der Waals surface area contributed by atoms with E-state index in [1.54, 1.807) is 45.0 Å². The molecule has 3 nitrogen and oxygen atoms in total. The predicted octanol–water partition coefficient (Wildman–Crippen LogP) is 12.8. The summed E-state index contributed by atoms with van der Waals surface area (Å²) < 4.78 is 91.9. The summed E-state index contributed by atoms with van der Waals surface area (Å²) in [7, 11) is 0. The minimum absolute atomic E-state index is 0. The van der Waals surface area contributed by atoms with Gasteiger partial charge in [-0.15, -0.1) is 53.6 Å². The van der Waals surface area contributed by atoms with E-state index in [4.69, 9.17) is 19.5 Å². The zero-order chi connectivity index (χ0) is 44.8. The Balaban J connectivity index is 0.000000265. The number of pyridine rings is 2. The van der Waals surface area contributed by atoms with Crippen LogP contribution < -0.4 is 0 Å². The van der Waals surface area contributed by atoms with Gasteiger partial charge >= 0.3 is 0 Å². The van der Waals surface area contributed by atoms with E-state index in [2.05, 4.69) is 64.6 Å². The molecule has 8 aromatic rings. The Kier molecular flexibility index (Phi) is 7.49. The number of furan rings is 1. The van der Waals surface area contributed by atoms with Gasteiger partial charge in [-0.3, -0.25) is 0 Å². The summed E-state index contributed by atoms with van der Waals surface area (Å²) >= 11 is 0. The minimum atomic E-state index is -2.51. The van der Waals surface area contributed by atoms with E-state index in [1.807, 2.05) is 36.4 Å². The van der Waals surface area contributed by atoms with Gasteiger partial charge in [0.1, 0.15) is 5.58 Å². The maximum absolute atomic E-state index is 8.87. The molecule has 3 heterocycles. The van der Waals surface area contributed by atoms with E-state index in [9.17, 15) is 0 Å². The van der Waals surface area contributed by atoms with Crippen molar-refractivity contribution in [3.63, 3.8) is 0 Å². The molecule has 0 bridgehead atoms. The first-order valence-corrected chi connectivity index (χ1v) is 16.6. The van der Waals surface area contributed by atoms with Crippen molar-refractivity contribution in [2.24, 2.45) is 5.41 Å². The molecule has 0 fully saturated rings. The van der Waals surface area contributed by atoms with Crippen molar-refractivity contribution < 1.29 is 39.6 Å². The van der Waals surface area contributed by atoms with Crippen molar-refractivity contribution in [2.45, 2.75) is 47.7 Å². The number of aromatic nitrogens is 2. The summed E-state index contributed by atoms with van der Waals surface area (Å²) in [4.78, 5) is 8.55. The number of nitrogens with zero attached hydrogens (tertiary/aromatic N) is 2. The molecule has 261 valence electrons. The van der Waals surface area contributed by atoms with E-state index in [0.29, 0.717) is 33.7 Å². The summed E-state index contributed by atoms with van der Waals surface area (Å²) in [6.07, 6.45) is 0.642. The predicted molar refractivity (Wildman–Crippen MR) is 213 cm³/mol. The third kappa shape index (κ3) is 8.31. The molecular formula is C48H42IrN2O-2. The summed E-state index contributed by atoms with van der Waals surface area (Å²) in [5.41, 5.74) is 7.35. The standard InChI is InChI=1S/C35H30NO.C13H12N.Ir/c1-23-22-36-32(19-28(23)21-35(2,3)4)31-12-8-11-30-29-18-17-27(20-33(29)37-34(30)31)26-15-13-25(14-16-26)24-9-6-5-7-10-24;1-10-3-6-12(7-4-10)13-8-5-11(2)9-14-13;/h5-11,13-20,22H,21H2,1-4H3;3-6,8-9H,1-2H3;/q2*-1;/i1D3,21D2;1D3,2D3;. The van der Waals surface area contributed by atoms with Gasteiger partial charge in [0.05, 0.1) is 5.58 Å². The molecule has 0 aliphatic rings. The Morgan fingerprint density at radius 2 is 1.38 bits per heavy atom. The molecule has 52 heavy (non-hydrogen) atoms. The number of aryl methyl sites for hydroxylation is 3. The molecule has 1 radical (unpaired) electrons. The molecule has 0 N–H and O–H groups in total. The van der Waals surface area contributed by atoms with Gasteiger partial charge in [0.2, 0.25) is 0 Å². The van der Waals surface area contributed by atoms with Gasteiger partial charge < -0.3 is 14.4 Å². The van der Waals surface area contributed by atoms with Crippen LogP contribution in [0, 0.1) is 38.1 Å². The van der Waals surface area contributed by atoms with Crippen molar-refractivity contribution in [1.82, 2.24) is 9.97 Å². The van der Waals surface area contributed by atoms with Crippen molar-refractivity contribution in [2.75, 3.05) is 0 Å². The summed E-state index contributed by atoms with van der Waals surface area (Å²) in [6.45, 7) is -1.57. The maximum Gasteiger partial charge on any atom is 0.121 e. The maximum atomic E-state index is 8.87. The molecule has 3 aromatic heterocycles. The first-order valence-electron chi connectivity index (χ1n) is 22.1. The first kappa shape index (κ1) is 24.9. The van der Waals surface area contributed by atoms with Crippen molar-refractivity contribution >= 4 is 21.9 Å². The van der Waals surface area contributed by atoms with E-state index in [-0.39, 0.29) is 42.4 Å². The molecule has 0 spiro atoms. The van der Waals surface area contributed by atoms with Crippen molar-refractivity contribution in [1.29, 1.82) is 0 Å². The number of rotatable bonds is 5. The Labute approximate surface area is 336 Å². The van der Waals surface area contributed by atoms with Crippen LogP contribution >= 0.6 is 0 Å². The second-order valence-electron chi connectivity index (χ2n) is 13.3. The Bertz CT molecular complexity index is 2790. The van der Waals surface area contributed by atoms with Gasteiger partial charge in [-0.1, -0.05) is 129 Å². The molecule has 0 amide bonds. The molecule has 4 heteroatoms. The fourth-order valence-corrected chi connectivity index (χ4v) is 5.83. The summed E-state index contributed by atoms with van der Waals surface area (Å²) in [6, 6.07) is 43.8. The molecule has 5 aromatic carbocycles. The van der Waals surface area contributed by atoms with Crippen LogP contribution in [0.2, 0.25) is 0 Å². The van der Waals surface area contributed by atoms with Crippen molar-refractivity contribution in [3.8, 4) is 44.8 Å². The van der Waals surface area contributed by atoms with Gasteiger partial charge in [-0.2, -0.15) is 0 Å². The molecule has 0 unspecified atom stereocenters. The third-order valence-electron chi connectivity index (χ3n) is 8.28. The number of hydrogen-bond donors (Lipinski definition) is 0. The van der Waals surface area contributed by atoms with Gasteiger partial charge in [-0.05, 0) is 76.3 Å². The normalized spacial score (nSPS) is 15.3. The summed E-state index contributed by atoms with van der Waals surface area (Å²) in [5.74, 6) is 0. The van der Waals surface area contributed by atoms with Crippen LogP contribution in [0.4, 0.5) is 0 Å². The van der Waals surface area contributed by atoms with Crippen LogP contribution in [0.1, 0.15) is 58.1 Å². The average Bonchev–Trinajstić information content (AvgIpc) is 3.61. The third-order valence-corrected chi connectivity index (χ3v) is 8.28. The van der Waals surface area contributed by atoms with Gasteiger partial charge in [0, 0.05) is 53.0 Å². The van der Waals surface area contributed by atoms with Crippen LogP contribution in [0.25, 0.3) is 66.7 Å². The molecule has 8 rings (SSSR count). The molecule has 0 atom stereocenters. The average molecular weight is 866 g/mol. The topological polar surface area (TPSA) is 38.9 Å². The second-order valence-corrected chi connectivity index (χ2v) is 13.3. The zero-order valence-electron chi connectivity index (χ0n) is 39.8. The van der Waals surface area contributed by atoms with E-state index in [0.717, 1.165) is 27.5 Å². The van der Waals surface area contributed by atoms with Gasteiger partial charge in [0.15, 0.2) is 0 Å². The molecule has 0 aliphatic carbocycles. The second kappa shape index (κ2) is 15.6. The Morgan fingerprint density at radius 3 is 2.06 bits per heavy atom. The molecule has 0 aliphatic heterocycles. The van der Waals surface area contributed by atoms with E-state index < -0.39 is 32.3 Å². The number of hydrogen-bond acceptors (Lipinski definition) is 3. The molecule has 0 saturated heterocycles. The molecular weight excluding hydrogens is 813 g/mol. The van der Waals surface area contributed by atoms with Crippen LogP contribution in [0.3, 0.4) is 0 Å². The number of fused-ring (bicyclic) bond motifs is 3. The van der Waals surface area contributed by atoms with Crippen LogP contribution in [0.5, 0.6) is 0 Å². The number of benzene rings is 5. The van der Waals surface area contributed by atoms with Gasteiger partial charge in [0.25, 0.3) is 0 Å². The van der Waals surface area contributed by atoms with Crippen LogP contribution in [0.15, 0.2) is 138 Å². The Hall–Kier alpha value is -5.15.